The number of nitro groups is 1. The van der Waals surface area contributed by atoms with Crippen LogP contribution in [0.5, 0.6) is 0 Å². The van der Waals surface area contributed by atoms with Crippen LogP contribution in [0.15, 0.2) is 60.7 Å². The summed E-state index contributed by atoms with van der Waals surface area (Å²) in [5.74, 6) is -0.453. The number of nitrogens with two attached hydrogens (primary N) is 1. The molecule has 190 valence electrons. The van der Waals surface area contributed by atoms with Crippen molar-refractivity contribution in [3.8, 4) is 0 Å². The van der Waals surface area contributed by atoms with Crippen LogP contribution in [0.1, 0.15) is 11.1 Å². The second-order valence-corrected chi connectivity index (χ2v) is 9.22. The van der Waals surface area contributed by atoms with Crippen molar-refractivity contribution in [2.75, 3.05) is 49.0 Å². The van der Waals surface area contributed by atoms with E-state index in [9.17, 15) is 19.7 Å². The van der Waals surface area contributed by atoms with E-state index in [4.69, 9.17) is 17.3 Å². The van der Waals surface area contributed by atoms with Crippen LogP contribution in [0.4, 0.5) is 28.4 Å². The van der Waals surface area contributed by atoms with Gasteiger partial charge in [-0.25, -0.2) is 0 Å². The zero-order valence-electron chi connectivity index (χ0n) is 20.4. The first-order valence-corrected chi connectivity index (χ1v) is 11.6. The average Bonchev–Trinajstić information content (AvgIpc) is 3.16. The van der Waals surface area contributed by atoms with Crippen LogP contribution in [-0.4, -0.2) is 49.3 Å². The number of rotatable bonds is 7. The zero-order chi connectivity index (χ0) is 26.9. The number of nitrogens with zero attached hydrogens (tertiary/aromatic N) is 3. The Morgan fingerprint density at radius 1 is 1.08 bits per heavy atom. The standard InChI is InChI=1S/C26H25ClN6O4/c1-31(2)14-23(34)32(3)18-8-6-17(7-9-18)29-25(15-4-11-20(28)22(12-15)33(36)37)24-19-10-5-16(27)13-21(19)30-26(24)35/h4-13,29H,14,28H2,1-3H3,(H,30,35)/b25-24-. The number of hydrogen-bond acceptors (Lipinski definition) is 7. The van der Waals surface area contributed by atoms with Gasteiger partial charge in [-0.3, -0.25) is 19.7 Å². The molecule has 4 N–H and O–H groups in total. The third kappa shape index (κ3) is 5.40. The quantitative estimate of drug-likeness (QED) is 0.183. The Hall–Kier alpha value is -4.41. The second-order valence-electron chi connectivity index (χ2n) is 8.79. The molecule has 11 heteroatoms. The van der Waals surface area contributed by atoms with E-state index in [0.29, 0.717) is 44.5 Å². The minimum Gasteiger partial charge on any atom is -0.393 e. The summed E-state index contributed by atoms with van der Waals surface area (Å²) in [6.07, 6.45) is 0. The van der Waals surface area contributed by atoms with Crippen molar-refractivity contribution in [3.05, 3.63) is 86.9 Å². The van der Waals surface area contributed by atoms with Crippen LogP contribution in [0, 0.1) is 10.1 Å². The Bertz CT molecular complexity index is 1440. The van der Waals surface area contributed by atoms with E-state index in [1.54, 1.807) is 65.4 Å². The van der Waals surface area contributed by atoms with E-state index >= 15 is 0 Å². The first-order chi connectivity index (χ1) is 17.5. The van der Waals surface area contributed by atoms with Gasteiger partial charge in [0, 0.05) is 40.6 Å². The van der Waals surface area contributed by atoms with Gasteiger partial charge in [0.05, 0.1) is 28.4 Å². The third-order valence-electron chi connectivity index (χ3n) is 5.84. The number of halogens is 1. The molecule has 0 fully saturated rings. The third-order valence-corrected chi connectivity index (χ3v) is 6.08. The molecule has 0 saturated heterocycles. The molecule has 3 aromatic rings. The molecule has 0 bridgehead atoms. The molecular weight excluding hydrogens is 496 g/mol. The van der Waals surface area contributed by atoms with Gasteiger partial charge in [0.1, 0.15) is 5.69 Å². The molecular formula is C26H25ClN6O4. The molecule has 0 aliphatic carbocycles. The number of amides is 2. The highest BCUT2D eigenvalue weighted by Gasteiger charge is 2.29. The van der Waals surface area contributed by atoms with Gasteiger partial charge in [0.25, 0.3) is 11.6 Å². The number of nitrogen functional groups attached to an aromatic ring is 1. The van der Waals surface area contributed by atoms with Crippen LogP contribution in [0.25, 0.3) is 11.3 Å². The normalized spacial score (nSPS) is 13.7. The molecule has 0 atom stereocenters. The number of anilines is 4. The molecule has 0 unspecified atom stereocenters. The maximum Gasteiger partial charge on any atom is 0.292 e. The van der Waals surface area contributed by atoms with Crippen molar-refractivity contribution >= 4 is 63.1 Å². The maximum absolute atomic E-state index is 13.1. The lowest BCUT2D eigenvalue weighted by Gasteiger charge is -2.20. The van der Waals surface area contributed by atoms with Crippen molar-refractivity contribution in [2.45, 2.75) is 0 Å². The number of fused-ring (bicyclic) bond motifs is 1. The van der Waals surface area contributed by atoms with E-state index in [-0.39, 0.29) is 29.7 Å². The van der Waals surface area contributed by atoms with Gasteiger partial charge in [-0.05, 0) is 56.6 Å². The molecule has 0 aromatic heterocycles. The number of benzene rings is 3. The summed E-state index contributed by atoms with van der Waals surface area (Å²) in [6, 6.07) is 16.5. The highest BCUT2D eigenvalue weighted by molar-refractivity contribution is 6.38. The largest absolute Gasteiger partial charge is 0.393 e. The van der Waals surface area contributed by atoms with Crippen LogP contribution in [0.2, 0.25) is 5.02 Å². The van der Waals surface area contributed by atoms with E-state index < -0.39 is 4.92 Å². The second kappa shape index (κ2) is 10.3. The topological polar surface area (TPSA) is 134 Å². The van der Waals surface area contributed by atoms with Crippen LogP contribution < -0.4 is 21.3 Å². The van der Waals surface area contributed by atoms with E-state index in [1.165, 1.54) is 12.1 Å². The minimum absolute atomic E-state index is 0.0101. The lowest BCUT2D eigenvalue weighted by atomic mass is 9.99. The summed E-state index contributed by atoms with van der Waals surface area (Å²) in [5, 5.41) is 18.1. The predicted octanol–water partition coefficient (Wildman–Crippen LogP) is 4.29. The summed E-state index contributed by atoms with van der Waals surface area (Å²) < 4.78 is 0. The van der Waals surface area contributed by atoms with Crippen molar-refractivity contribution in [1.29, 1.82) is 0 Å². The predicted molar refractivity (Wildman–Crippen MR) is 146 cm³/mol. The van der Waals surface area contributed by atoms with Gasteiger partial charge in [-0.1, -0.05) is 23.7 Å². The molecule has 1 aliphatic heterocycles. The first kappa shape index (κ1) is 25.7. The Morgan fingerprint density at radius 2 is 1.78 bits per heavy atom. The van der Waals surface area contributed by atoms with E-state index in [0.717, 1.165) is 0 Å². The Morgan fingerprint density at radius 3 is 2.43 bits per heavy atom. The van der Waals surface area contributed by atoms with Crippen LogP contribution in [0.3, 0.4) is 0 Å². The first-order valence-electron chi connectivity index (χ1n) is 11.2. The fraction of sp³-hybridized carbons (Fsp3) is 0.154. The molecule has 2 amide bonds. The summed E-state index contributed by atoms with van der Waals surface area (Å²) in [6.45, 7) is 0.265. The molecule has 4 rings (SSSR count). The molecule has 0 radical (unpaired) electrons. The van der Waals surface area contributed by atoms with Crippen molar-refractivity contribution in [2.24, 2.45) is 0 Å². The Kier molecular flexibility index (Phi) is 7.14. The summed E-state index contributed by atoms with van der Waals surface area (Å²) >= 11 is 6.11. The molecule has 1 heterocycles. The van der Waals surface area contributed by atoms with Gasteiger partial charge in [-0.2, -0.15) is 0 Å². The Labute approximate surface area is 218 Å². The number of nitro benzene ring substituents is 1. The summed E-state index contributed by atoms with van der Waals surface area (Å²) in [4.78, 5) is 39.8. The lowest BCUT2D eigenvalue weighted by Crippen LogP contribution is -2.34. The SMILES string of the molecule is CN(C)CC(=O)N(C)c1ccc(N/C(=C2\C(=O)Nc3cc(Cl)ccc32)c2ccc(N)c([N+](=O)[O-])c2)cc1. The minimum atomic E-state index is -0.571. The number of hydrogen-bond donors (Lipinski definition) is 3. The van der Waals surface area contributed by atoms with Gasteiger partial charge >= 0.3 is 0 Å². The Balaban J connectivity index is 1.78. The lowest BCUT2D eigenvalue weighted by molar-refractivity contribution is -0.383. The molecule has 3 aromatic carbocycles. The fourth-order valence-electron chi connectivity index (χ4n) is 3.96. The van der Waals surface area contributed by atoms with Crippen molar-refractivity contribution in [3.63, 3.8) is 0 Å². The number of likely N-dealkylation sites (N-methyl/N-ethyl adjacent to an activating group) is 2. The summed E-state index contributed by atoms with van der Waals surface area (Å²) in [7, 11) is 5.33. The van der Waals surface area contributed by atoms with Crippen molar-refractivity contribution in [1.82, 2.24) is 4.90 Å². The fourth-order valence-corrected chi connectivity index (χ4v) is 4.13. The highest BCUT2D eigenvalue weighted by atomic mass is 35.5. The number of carbonyl (C=O) groups excluding carboxylic acids is 2. The molecule has 10 nitrogen and oxygen atoms in total. The zero-order valence-corrected chi connectivity index (χ0v) is 21.2. The summed E-state index contributed by atoms with van der Waals surface area (Å²) in [5.41, 5.74) is 9.03. The molecule has 37 heavy (non-hydrogen) atoms. The molecule has 1 aliphatic rings. The van der Waals surface area contributed by atoms with Gasteiger partial charge in [0.2, 0.25) is 5.91 Å². The van der Waals surface area contributed by atoms with Crippen LogP contribution >= 0.6 is 11.6 Å². The highest BCUT2D eigenvalue weighted by Crippen LogP contribution is 2.40. The maximum atomic E-state index is 13.1. The van der Waals surface area contributed by atoms with Gasteiger partial charge in [-0.15, -0.1) is 0 Å². The van der Waals surface area contributed by atoms with E-state index in [2.05, 4.69) is 10.6 Å². The van der Waals surface area contributed by atoms with E-state index in [1.807, 2.05) is 14.1 Å². The molecule has 0 saturated carbocycles. The monoisotopic (exact) mass is 520 g/mol. The van der Waals surface area contributed by atoms with Gasteiger partial charge < -0.3 is 26.2 Å². The van der Waals surface area contributed by atoms with Crippen molar-refractivity contribution < 1.29 is 14.5 Å². The van der Waals surface area contributed by atoms with Crippen LogP contribution in [-0.2, 0) is 9.59 Å². The average molecular weight is 521 g/mol. The molecule has 0 spiro atoms. The number of nitrogens with one attached hydrogen (secondary N) is 2. The van der Waals surface area contributed by atoms with Gasteiger partial charge in [0.15, 0.2) is 0 Å². The smallest absolute Gasteiger partial charge is 0.292 e. The number of carbonyl (C=O) groups is 2.